The summed E-state index contributed by atoms with van der Waals surface area (Å²) in [5.74, 6) is 0. The normalized spacial score (nSPS) is 13.6. The summed E-state index contributed by atoms with van der Waals surface area (Å²) >= 11 is 0. The fourth-order valence-corrected chi connectivity index (χ4v) is 3.87. The second-order valence-electron chi connectivity index (χ2n) is 7.50. The van der Waals surface area contributed by atoms with Gasteiger partial charge in [-0.1, -0.05) is 13.0 Å². The first-order chi connectivity index (χ1) is 13.8. The molecule has 0 unspecified atom stereocenters. The smallest absolute Gasteiger partial charge is 0.247 e. The van der Waals surface area contributed by atoms with Crippen LogP contribution in [0.15, 0.2) is 42.0 Å². The van der Waals surface area contributed by atoms with Crippen LogP contribution in [-0.4, -0.2) is 39.4 Å². The summed E-state index contributed by atoms with van der Waals surface area (Å²) in [5.41, 5.74) is 6.11. The van der Waals surface area contributed by atoms with Crippen LogP contribution in [0.5, 0.6) is 0 Å². The second-order valence-corrected chi connectivity index (χ2v) is 9.41. The number of hydrogen-bond donors (Lipinski definition) is 0. The topological polar surface area (TPSA) is 90.6 Å². The Kier molecular flexibility index (Phi) is 4.82. The minimum Gasteiger partial charge on any atom is -0.270 e. The largest absolute Gasteiger partial charge is 0.270 e. The Morgan fingerprint density at radius 1 is 1.14 bits per heavy atom. The maximum atomic E-state index is 12.0. The van der Waals surface area contributed by atoms with E-state index in [0.717, 1.165) is 34.2 Å². The van der Waals surface area contributed by atoms with Crippen molar-refractivity contribution in [3.8, 4) is 11.1 Å². The summed E-state index contributed by atoms with van der Waals surface area (Å²) in [6.45, 7) is 6.11. The van der Waals surface area contributed by atoms with E-state index in [9.17, 15) is 8.42 Å². The molecule has 0 aliphatic heterocycles. The van der Waals surface area contributed by atoms with Crippen molar-refractivity contribution < 1.29 is 8.42 Å². The van der Waals surface area contributed by atoms with Gasteiger partial charge in [0.2, 0.25) is 15.0 Å². The van der Waals surface area contributed by atoms with Gasteiger partial charge in [-0.3, -0.25) is 9.67 Å². The number of pyridine rings is 1. The number of nitrogens with zero attached hydrogens (tertiary/aromatic N) is 5. The Morgan fingerprint density at radius 3 is 2.59 bits per heavy atom. The summed E-state index contributed by atoms with van der Waals surface area (Å²) in [7, 11) is -3.50. The SMILES string of the molecule is CCc1cc(C2=CCc3ncc(-c4cnn(C(C)C)c4)cc32)nc(S(C)(=O)=O)n1. The molecule has 0 N–H and O–H groups in total. The second kappa shape index (κ2) is 7.18. The van der Waals surface area contributed by atoms with Crippen molar-refractivity contribution in [1.29, 1.82) is 0 Å². The number of rotatable bonds is 5. The molecule has 0 saturated heterocycles. The standard InChI is InChI=1S/C21H23N5O2S/c1-5-16-9-20(25-21(24-16)29(4,27)28)17-6-7-19-18(17)8-14(10-22-19)15-11-23-26(12-15)13(2)3/h6,8-13H,5,7H2,1-4H3. The average Bonchev–Trinajstić information content (AvgIpc) is 3.33. The van der Waals surface area contributed by atoms with Crippen molar-refractivity contribution in [3.05, 3.63) is 59.4 Å². The van der Waals surface area contributed by atoms with Crippen molar-refractivity contribution in [3.63, 3.8) is 0 Å². The molecule has 3 aromatic rings. The molecule has 0 spiro atoms. The number of allylic oxidation sites excluding steroid dienone is 1. The lowest BCUT2D eigenvalue weighted by atomic mass is 10.0. The van der Waals surface area contributed by atoms with E-state index in [1.807, 2.05) is 42.3 Å². The van der Waals surface area contributed by atoms with E-state index in [1.165, 1.54) is 0 Å². The van der Waals surface area contributed by atoms with Crippen molar-refractivity contribution in [2.24, 2.45) is 0 Å². The molecule has 0 aromatic carbocycles. The van der Waals surface area contributed by atoms with E-state index in [1.54, 1.807) is 0 Å². The highest BCUT2D eigenvalue weighted by Crippen LogP contribution is 2.34. The minimum atomic E-state index is -3.50. The van der Waals surface area contributed by atoms with Crippen LogP contribution in [0.25, 0.3) is 16.7 Å². The molecule has 0 fully saturated rings. The number of aromatic nitrogens is 5. The number of hydrogen-bond acceptors (Lipinski definition) is 6. The number of fused-ring (bicyclic) bond motifs is 1. The van der Waals surface area contributed by atoms with E-state index < -0.39 is 9.84 Å². The summed E-state index contributed by atoms with van der Waals surface area (Å²) in [6.07, 6.45) is 10.2. The Morgan fingerprint density at radius 2 is 1.93 bits per heavy atom. The molecule has 150 valence electrons. The van der Waals surface area contributed by atoms with Gasteiger partial charge in [0.1, 0.15) is 0 Å². The van der Waals surface area contributed by atoms with Gasteiger partial charge < -0.3 is 0 Å². The molecule has 0 atom stereocenters. The lowest BCUT2D eigenvalue weighted by Gasteiger charge is -2.10. The molecule has 29 heavy (non-hydrogen) atoms. The molecular weight excluding hydrogens is 386 g/mol. The van der Waals surface area contributed by atoms with Crippen LogP contribution in [0.2, 0.25) is 0 Å². The predicted octanol–water partition coefficient (Wildman–Crippen LogP) is 3.27. The van der Waals surface area contributed by atoms with Crippen LogP contribution in [0.1, 0.15) is 49.5 Å². The summed E-state index contributed by atoms with van der Waals surface area (Å²) < 4.78 is 26.0. The molecule has 1 aliphatic carbocycles. The van der Waals surface area contributed by atoms with Crippen LogP contribution in [-0.2, 0) is 22.7 Å². The molecule has 3 heterocycles. The first kappa shape index (κ1) is 19.4. The highest BCUT2D eigenvalue weighted by molar-refractivity contribution is 7.90. The molecule has 0 amide bonds. The minimum absolute atomic E-state index is 0.136. The third kappa shape index (κ3) is 3.72. The van der Waals surface area contributed by atoms with E-state index in [-0.39, 0.29) is 11.2 Å². The lowest BCUT2D eigenvalue weighted by molar-refractivity contribution is 0.532. The first-order valence-electron chi connectivity index (χ1n) is 9.58. The number of sulfone groups is 1. The van der Waals surface area contributed by atoms with E-state index in [2.05, 4.69) is 40.0 Å². The van der Waals surface area contributed by atoms with Gasteiger partial charge in [-0.25, -0.2) is 18.4 Å². The predicted molar refractivity (Wildman–Crippen MR) is 111 cm³/mol. The zero-order chi connectivity index (χ0) is 20.8. The fraction of sp³-hybridized carbons (Fsp3) is 0.333. The third-order valence-corrected chi connectivity index (χ3v) is 5.80. The van der Waals surface area contributed by atoms with Crippen LogP contribution in [0.3, 0.4) is 0 Å². The van der Waals surface area contributed by atoms with Gasteiger partial charge in [-0.05, 0) is 32.4 Å². The van der Waals surface area contributed by atoms with Crippen molar-refractivity contribution >= 4 is 15.4 Å². The lowest BCUT2D eigenvalue weighted by Crippen LogP contribution is -2.08. The van der Waals surface area contributed by atoms with Gasteiger partial charge in [0.15, 0.2) is 0 Å². The maximum Gasteiger partial charge on any atom is 0.247 e. The van der Waals surface area contributed by atoms with Crippen molar-refractivity contribution in [1.82, 2.24) is 24.7 Å². The fourth-order valence-electron chi connectivity index (χ4n) is 3.33. The maximum absolute atomic E-state index is 12.0. The van der Waals surface area contributed by atoms with Gasteiger partial charge in [0.05, 0.1) is 17.6 Å². The average molecular weight is 410 g/mol. The summed E-state index contributed by atoms with van der Waals surface area (Å²) in [4.78, 5) is 13.2. The van der Waals surface area contributed by atoms with Crippen molar-refractivity contribution in [2.45, 2.75) is 44.8 Å². The Balaban J connectivity index is 1.79. The van der Waals surface area contributed by atoms with Gasteiger partial charge in [0.25, 0.3) is 0 Å². The molecular formula is C21H23N5O2S. The van der Waals surface area contributed by atoms with Crippen LogP contribution in [0, 0.1) is 0 Å². The molecule has 3 aromatic heterocycles. The molecule has 0 saturated carbocycles. The monoisotopic (exact) mass is 409 g/mol. The molecule has 8 heteroatoms. The highest BCUT2D eigenvalue weighted by Gasteiger charge is 2.22. The molecule has 4 rings (SSSR count). The van der Waals surface area contributed by atoms with Gasteiger partial charge in [0, 0.05) is 59.1 Å². The van der Waals surface area contributed by atoms with Gasteiger partial charge in [-0.2, -0.15) is 5.10 Å². The van der Waals surface area contributed by atoms with Crippen molar-refractivity contribution in [2.75, 3.05) is 6.26 Å². The van der Waals surface area contributed by atoms with Crippen LogP contribution >= 0.6 is 0 Å². The molecule has 7 nitrogen and oxygen atoms in total. The Bertz CT molecular complexity index is 1230. The molecule has 0 bridgehead atoms. The van der Waals surface area contributed by atoms with Gasteiger partial charge >= 0.3 is 0 Å². The van der Waals surface area contributed by atoms with E-state index in [4.69, 9.17) is 0 Å². The summed E-state index contributed by atoms with van der Waals surface area (Å²) in [6, 6.07) is 4.22. The third-order valence-electron chi connectivity index (χ3n) is 4.95. The summed E-state index contributed by atoms with van der Waals surface area (Å²) in [5, 5.41) is 4.28. The quantitative estimate of drug-likeness (QED) is 0.601. The van der Waals surface area contributed by atoms with E-state index >= 15 is 0 Å². The molecule has 1 aliphatic rings. The molecule has 0 radical (unpaired) electrons. The van der Waals surface area contributed by atoms with E-state index in [0.29, 0.717) is 24.2 Å². The first-order valence-corrected chi connectivity index (χ1v) is 11.5. The van der Waals surface area contributed by atoms with Crippen LogP contribution in [0.4, 0.5) is 0 Å². The zero-order valence-corrected chi connectivity index (χ0v) is 17.7. The Labute approximate surface area is 170 Å². The highest BCUT2D eigenvalue weighted by atomic mass is 32.2. The van der Waals surface area contributed by atoms with Crippen LogP contribution < -0.4 is 0 Å². The zero-order valence-electron chi connectivity index (χ0n) is 16.9. The Hall–Kier alpha value is -2.87. The van der Waals surface area contributed by atoms with Gasteiger partial charge in [-0.15, -0.1) is 0 Å². The number of aryl methyl sites for hydroxylation is 1.